The van der Waals surface area contributed by atoms with Gasteiger partial charge in [-0.2, -0.15) is 0 Å². The van der Waals surface area contributed by atoms with Crippen LogP contribution in [0.15, 0.2) is 36.4 Å². The lowest BCUT2D eigenvalue weighted by atomic mass is 10.2. The van der Waals surface area contributed by atoms with Crippen molar-refractivity contribution in [2.75, 3.05) is 6.54 Å². The Bertz CT molecular complexity index is 343. The van der Waals surface area contributed by atoms with E-state index in [1.54, 1.807) is 0 Å². The second-order valence-electron chi connectivity index (χ2n) is 3.15. The van der Waals surface area contributed by atoms with Crippen LogP contribution in [0.4, 0.5) is 0 Å². The molecule has 1 amide bonds. The lowest BCUT2D eigenvalue weighted by Gasteiger charge is -2.04. The van der Waals surface area contributed by atoms with Crippen LogP contribution in [0.2, 0.25) is 0 Å². The number of amides is 1. The molecular weight excluding hydrogens is 289 g/mol. The first-order valence-corrected chi connectivity index (χ1v) is 5.35. The molecule has 0 aliphatic carbocycles. The van der Waals surface area contributed by atoms with E-state index in [1.165, 1.54) is 0 Å². The molecule has 2 nitrogen and oxygen atoms in total. The number of hydrogen-bond acceptors (Lipinski definition) is 1. The van der Waals surface area contributed by atoms with Gasteiger partial charge < -0.3 is 5.32 Å². The van der Waals surface area contributed by atoms with Crippen molar-refractivity contribution in [2.24, 2.45) is 0 Å². The van der Waals surface area contributed by atoms with Crippen molar-refractivity contribution < 1.29 is 4.79 Å². The lowest BCUT2D eigenvalue weighted by molar-refractivity contribution is 0.0957. The van der Waals surface area contributed by atoms with Gasteiger partial charge in [0.05, 0.1) is 0 Å². The summed E-state index contributed by atoms with van der Waals surface area (Å²) in [6, 6.07) is 7.46. The summed E-state index contributed by atoms with van der Waals surface area (Å²) in [6.45, 7) is 6.13. The molecule has 0 aromatic heterocycles. The Morgan fingerprint density at radius 1 is 1.43 bits per heavy atom. The summed E-state index contributed by atoms with van der Waals surface area (Å²) in [5, 5.41) is 2.78. The number of carbonyl (C=O) groups is 1. The molecule has 0 aliphatic heterocycles. The van der Waals surface area contributed by atoms with Gasteiger partial charge in [0.1, 0.15) is 0 Å². The number of benzene rings is 1. The van der Waals surface area contributed by atoms with Gasteiger partial charge in [0.15, 0.2) is 0 Å². The zero-order chi connectivity index (χ0) is 10.6. The van der Waals surface area contributed by atoms with Gasteiger partial charge in [-0.25, -0.2) is 0 Å². The Morgan fingerprint density at radius 2 is 2.00 bits per heavy atom. The van der Waals surface area contributed by atoms with E-state index < -0.39 is 0 Å². The zero-order valence-corrected chi connectivity index (χ0v) is 10.2. The molecule has 1 aromatic rings. The fraction of sp³-hybridized carbons (Fsp3) is 0.182. The highest BCUT2D eigenvalue weighted by atomic mass is 127. The molecule has 0 spiro atoms. The predicted octanol–water partition coefficient (Wildman–Crippen LogP) is 2.60. The van der Waals surface area contributed by atoms with Crippen molar-refractivity contribution in [3.05, 3.63) is 45.6 Å². The average Bonchev–Trinajstić information content (AvgIpc) is 2.15. The van der Waals surface area contributed by atoms with Gasteiger partial charge in [0.25, 0.3) is 5.91 Å². The minimum absolute atomic E-state index is 0.0515. The van der Waals surface area contributed by atoms with E-state index in [9.17, 15) is 4.79 Å². The van der Waals surface area contributed by atoms with Gasteiger partial charge in [0, 0.05) is 15.7 Å². The Balaban J connectivity index is 2.61. The fourth-order valence-corrected chi connectivity index (χ4v) is 1.29. The van der Waals surface area contributed by atoms with Crippen molar-refractivity contribution in [1.29, 1.82) is 0 Å². The highest BCUT2D eigenvalue weighted by Crippen LogP contribution is 2.06. The molecule has 74 valence electrons. The number of hydrogen-bond donors (Lipinski definition) is 1. The van der Waals surface area contributed by atoms with Crippen molar-refractivity contribution in [3.63, 3.8) is 0 Å². The van der Waals surface area contributed by atoms with E-state index in [2.05, 4.69) is 34.5 Å². The highest BCUT2D eigenvalue weighted by molar-refractivity contribution is 14.1. The average molecular weight is 301 g/mol. The normalized spacial score (nSPS) is 9.57. The maximum atomic E-state index is 11.5. The van der Waals surface area contributed by atoms with Crippen LogP contribution in [0.3, 0.4) is 0 Å². The standard InChI is InChI=1S/C11H12INO/c1-8(2)7-13-11(14)9-3-5-10(12)6-4-9/h3-6H,1,7H2,2H3,(H,13,14). The molecule has 0 atom stereocenters. The number of rotatable bonds is 3. The van der Waals surface area contributed by atoms with Crippen LogP contribution < -0.4 is 5.32 Å². The molecular formula is C11H12INO. The quantitative estimate of drug-likeness (QED) is 0.675. The van der Waals surface area contributed by atoms with E-state index in [4.69, 9.17) is 0 Å². The molecule has 0 bridgehead atoms. The van der Waals surface area contributed by atoms with Crippen LogP contribution in [-0.2, 0) is 0 Å². The maximum Gasteiger partial charge on any atom is 0.251 e. The summed E-state index contributed by atoms with van der Waals surface area (Å²) in [4.78, 5) is 11.5. The first-order valence-electron chi connectivity index (χ1n) is 4.28. The van der Waals surface area contributed by atoms with Gasteiger partial charge in [-0.15, -0.1) is 0 Å². The van der Waals surface area contributed by atoms with Crippen LogP contribution in [0.5, 0.6) is 0 Å². The molecule has 3 heteroatoms. The first kappa shape index (κ1) is 11.2. The summed E-state index contributed by atoms with van der Waals surface area (Å²) in [5.41, 5.74) is 1.63. The van der Waals surface area contributed by atoms with Gasteiger partial charge in [-0.1, -0.05) is 12.2 Å². The Labute approximate surface area is 97.5 Å². The molecule has 0 radical (unpaired) electrons. The third-order valence-corrected chi connectivity index (χ3v) is 2.38. The second-order valence-corrected chi connectivity index (χ2v) is 4.39. The maximum absolute atomic E-state index is 11.5. The monoisotopic (exact) mass is 301 g/mol. The van der Waals surface area contributed by atoms with E-state index >= 15 is 0 Å². The van der Waals surface area contributed by atoms with Gasteiger partial charge in [-0.05, 0) is 53.8 Å². The van der Waals surface area contributed by atoms with Crippen LogP contribution >= 0.6 is 22.6 Å². The molecule has 0 saturated heterocycles. The molecule has 14 heavy (non-hydrogen) atoms. The van der Waals surface area contributed by atoms with E-state index in [-0.39, 0.29) is 5.91 Å². The molecule has 1 N–H and O–H groups in total. The number of carbonyl (C=O) groups excluding carboxylic acids is 1. The minimum Gasteiger partial charge on any atom is -0.348 e. The fourth-order valence-electron chi connectivity index (χ4n) is 0.934. The Hall–Kier alpha value is -0.840. The smallest absolute Gasteiger partial charge is 0.251 e. The molecule has 1 rings (SSSR count). The van der Waals surface area contributed by atoms with Crippen molar-refractivity contribution in [1.82, 2.24) is 5.32 Å². The second kappa shape index (κ2) is 5.14. The molecule has 1 aromatic carbocycles. The summed E-state index contributed by atoms with van der Waals surface area (Å²) in [6.07, 6.45) is 0. The van der Waals surface area contributed by atoms with Crippen LogP contribution in [0.1, 0.15) is 17.3 Å². The van der Waals surface area contributed by atoms with Crippen LogP contribution in [0, 0.1) is 3.57 Å². The van der Waals surface area contributed by atoms with Crippen molar-refractivity contribution in [2.45, 2.75) is 6.92 Å². The highest BCUT2D eigenvalue weighted by Gasteiger charge is 2.03. The molecule has 0 unspecified atom stereocenters. The van der Waals surface area contributed by atoms with Gasteiger partial charge in [0.2, 0.25) is 0 Å². The Kier molecular flexibility index (Phi) is 4.13. The first-order chi connectivity index (χ1) is 6.59. The molecule has 0 aliphatic rings. The summed E-state index contributed by atoms with van der Waals surface area (Å²) < 4.78 is 1.12. The van der Waals surface area contributed by atoms with Crippen molar-refractivity contribution >= 4 is 28.5 Å². The molecule has 0 heterocycles. The predicted molar refractivity (Wildman–Crippen MR) is 66.3 cm³/mol. The molecule has 0 saturated carbocycles. The summed E-state index contributed by atoms with van der Waals surface area (Å²) >= 11 is 2.21. The van der Waals surface area contributed by atoms with E-state index in [0.29, 0.717) is 12.1 Å². The van der Waals surface area contributed by atoms with Gasteiger partial charge in [-0.3, -0.25) is 4.79 Å². The zero-order valence-electron chi connectivity index (χ0n) is 8.01. The largest absolute Gasteiger partial charge is 0.348 e. The van der Waals surface area contributed by atoms with Crippen molar-refractivity contribution in [3.8, 4) is 0 Å². The third kappa shape index (κ3) is 3.49. The van der Waals surface area contributed by atoms with E-state index in [0.717, 1.165) is 9.14 Å². The number of nitrogens with one attached hydrogen (secondary N) is 1. The SMILES string of the molecule is C=C(C)CNC(=O)c1ccc(I)cc1. The lowest BCUT2D eigenvalue weighted by Crippen LogP contribution is -2.24. The summed E-state index contributed by atoms with van der Waals surface area (Å²) in [7, 11) is 0. The van der Waals surface area contributed by atoms with E-state index in [1.807, 2.05) is 31.2 Å². The van der Waals surface area contributed by atoms with Gasteiger partial charge >= 0.3 is 0 Å². The van der Waals surface area contributed by atoms with Crippen LogP contribution in [0.25, 0.3) is 0 Å². The van der Waals surface area contributed by atoms with Crippen LogP contribution in [-0.4, -0.2) is 12.5 Å². The Morgan fingerprint density at radius 3 is 2.50 bits per heavy atom. The summed E-state index contributed by atoms with van der Waals surface area (Å²) in [5.74, 6) is -0.0515. The molecule has 0 fully saturated rings. The third-order valence-electron chi connectivity index (χ3n) is 1.66. The number of halogens is 1. The topological polar surface area (TPSA) is 29.1 Å². The minimum atomic E-state index is -0.0515.